The second-order valence-electron chi connectivity index (χ2n) is 7.57. The second-order valence-corrected chi connectivity index (χ2v) is 7.57. The molecule has 6 heteroatoms. The Morgan fingerprint density at radius 3 is 2.62 bits per heavy atom. The molecular weight excluding hydrogens is 367 g/mol. The molecule has 0 atom stereocenters. The quantitative estimate of drug-likeness (QED) is 0.653. The van der Waals surface area contributed by atoms with Gasteiger partial charge in [0, 0.05) is 38.1 Å². The van der Waals surface area contributed by atoms with Crippen LogP contribution in [-0.4, -0.2) is 26.5 Å². The van der Waals surface area contributed by atoms with Crippen molar-refractivity contribution in [1.82, 2.24) is 19.8 Å². The molecule has 1 aliphatic rings. The molecule has 0 unspecified atom stereocenters. The number of aryl methyl sites for hydroxylation is 1. The number of hydrogen-bond donors (Lipinski definition) is 1. The van der Waals surface area contributed by atoms with Gasteiger partial charge in [0.2, 0.25) is 0 Å². The third-order valence-corrected chi connectivity index (χ3v) is 5.23. The van der Waals surface area contributed by atoms with Gasteiger partial charge in [-0.15, -0.1) is 0 Å². The summed E-state index contributed by atoms with van der Waals surface area (Å²) in [6.45, 7) is 3.71. The van der Waals surface area contributed by atoms with Crippen molar-refractivity contribution in [2.75, 3.05) is 0 Å². The van der Waals surface area contributed by atoms with Gasteiger partial charge in [-0.2, -0.15) is 0 Å². The highest BCUT2D eigenvalue weighted by molar-refractivity contribution is 5.75. The molecule has 4 rings (SSSR count). The fourth-order valence-electron chi connectivity index (χ4n) is 3.42. The molecule has 150 valence electrons. The van der Waals surface area contributed by atoms with Crippen molar-refractivity contribution in [3.05, 3.63) is 89.3 Å². The van der Waals surface area contributed by atoms with E-state index in [1.165, 1.54) is 17.7 Å². The molecule has 1 N–H and O–H groups in total. The molecule has 0 bridgehead atoms. The second kappa shape index (κ2) is 8.47. The third kappa shape index (κ3) is 5.02. The Bertz CT molecular complexity index is 979. The average Bonchev–Trinajstić information content (AvgIpc) is 3.49. The molecule has 1 aromatic heterocycles. The molecule has 1 heterocycles. The number of halogens is 1. The number of aromatic nitrogens is 2. The van der Waals surface area contributed by atoms with Gasteiger partial charge < -0.3 is 14.8 Å². The lowest BCUT2D eigenvalue weighted by Gasteiger charge is -2.23. The van der Waals surface area contributed by atoms with E-state index in [4.69, 9.17) is 0 Å². The van der Waals surface area contributed by atoms with Crippen molar-refractivity contribution in [3.8, 4) is 0 Å². The summed E-state index contributed by atoms with van der Waals surface area (Å²) in [7, 11) is 0. The van der Waals surface area contributed by atoms with E-state index in [9.17, 15) is 9.18 Å². The lowest BCUT2D eigenvalue weighted by molar-refractivity contribution is 0.191. The number of hydrogen-bond acceptors (Lipinski definition) is 2. The summed E-state index contributed by atoms with van der Waals surface area (Å²) in [5.41, 5.74) is 3.17. The van der Waals surface area contributed by atoms with Crippen molar-refractivity contribution >= 4 is 6.03 Å². The van der Waals surface area contributed by atoms with E-state index in [-0.39, 0.29) is 17.9 Å². The first kappa shape index (κ1) is 19.2. The van der Waals surface area contributed by atoms with E-state index in [1.54, 1.807) is 18.3 Å². The van der Waals surface area contributed by atoms with E-state index in [0.29, 0.717) is 13.1 Å². The molecular formula is C23H25FN4O. The summed E-state index contributed by atoms with van der Waals surface area (Å²) in [4.78, 5) is 18.9. The van der Waals surface area contributed by atoms with Crippen molar-refractivity contribution < 1.29 is 9.18 Å². The van der Waals surface area contributed by atoms with Crippen LogP contribution in [0.5, 0.6) is 0 Å². The fraction of sp³-hybridized carbons (Fsp3) is 0.304. The first-order chi connectivity index (χ1) is 14.1. The Kier molecular flexibility index (Phi) is 5.60. The molecule has 0 radical (unpaired) electrons. The summed E-state index contributed by atoms with van der Waals surface area (Å²) in [6.07, 6.45) is 5.81. The molecule has 0 spiro atoms. The molecule has 1 saturated carbocycles. The number of nitrogens with zero attached hydrogens (tertiary/aromatic N) is 3. The SMILES string of the molecule is Cc1nccn1Cc1cccc(CNC(=O)N(Cc2ccc(F)cc2)C2CC2)c1. The van der Waals surface area contributed by atoms with Crippen LogP contribution in [0.15, 0.2) is 60.9 Å². The molecule has 5 nitrogen and oxygen atoms in total. The van der Waals surface area contributed by atoms with Crippen molar-refractivity contribution in [1.29, 1.82) is 0 Å². The van der Waals surface area contributed by atoms with Gasteiger partial charge in [-0.05, 0) is 48.6 Å². The van der Waals surface area contributed by atoms with Gasteiger partial charge in [0.25, 0.3) is 0 Å². The number of imidazole rings is 1. The minimum Gasteiger partial charge on any atom is -0.334 e. The summed E-state index contributed by atoms with van der Waals surface area (Å²) in [5.74, 6) is 0.714. The summed E-state index contributed by atoms with van der Waals surface area (Å²) in [5, 5.41) is 3.04. The van der Waals surface area contributed by atoms with E-state index in [1.807, 2.05) is 30.2 Å². The van der Waals surface area contributed by atoms with E-state index in [0.717, 1.165) is 36.3 Å². The largest absolute Gasteiger partial charge is 0.334 e. The van der Waals surface area contributed by atoms with E-state index < -0.39 is 0 Å². The number of rotatable bonds is 7. The lowest BCUT2D eigenvalue weighted by atomic mass is 10.1. The zero-order valence-corrected chi connectivity index (χ0v) is 16.5. The maximum absolute atomic E-state index is 13.1. The van der Waals surface area contributed by atoms with Gasteiger partial charge in [0.05, 0.1) is 0 Å². The maximum atomic E-state index is 13.1. The predicted molar refractivity (Wildman–Crippen MR) is 110 cm³/mol. The number of urea groups is 1. The van der Waals surface area contributed by atoms with Gasteiger partial charge in [0.15, 0.2) is 0 Å². The number of amides is 2. The monoisotopic (exact) mass is 392 g/mol. The summed E-state index contributed by atoms with van der Waals surface area (Å²) >= 11 is 0. The first-order valence-electron chi connectivity index (χ1n) is 9.93. The number of carbonyl (C=O) groups excluding carboxylic acids is 1. The highest BCUT2D eigenvalue weighted by Gasteiger charge is 2.32. The maximum Gasteiger partial charge on any atom is 0.318 e. The standard InChI is InChI=1S/C23H25FN4O/c1-17-25-11-12-27(17)15-20-4-2-3-19(13-20)14-26-23(29)28(22-9-10-22)16-18-5-7-21(24)8-6-18/h2-8,11-13,22H,9-10,14-16H2,1H3,(H,26,29). The smallest absolute Gasteiger partial charge is 0.318 e. The van der Waals surface area contributed by atoms with Gasteiger partial charge >= 0.3 is 6.03 Å². The van der Waals surface area contributed by atoms with E-state index in [2.05, 4.69) is 27.0 Å². The average molecular weight is 392 g/mol. The molecule has 0 saturated heterocycles. The van der Waals surface area contributed by atoms with E-state index >= 15 is 0 Å². The number of carbonyl (C=O) groups is 1. The predicted octanol–water partition coefficient (Wildman–Crippen LogP) is 4.25. The Balaban J connectivity index is 1.37. The Morgan fingerprint density at radius 1 is 1.17 bits per heavy atom. The molecule has 29 heavy (non-hydrogen) atoms. The summed E-state index contributed by atoms with van der Waals surface area (Å²) in [6, 6.07) is 14.8. The molecule has 3 aromatic rings. The highest BCUT2D eigenvalue weighted by atomic mass is 19.1. The van der Waals surface area contributed by atoms with Crippen LogP contribution in [0.4, 0.5) is 9.18 Å². The van der Waals surface area contributed by atoms with Crippen LogP contribution in [-0.2, 0) is 19.6 Å². The highest BCUT2D eigenvalue weighted by Crippen LogP contribution is 2.28. The minimum absolute atomic E-state index is 0.0762. The number of benzene rings is 2. The Labute approximate surface area is 170 Å². The zero-order valence-electron chi connectivity index (χ0n) is 16.5. The van der Waals surface area contributed by atoms with Crippen molar-refractivity contribution in [2.45, 2.75) is 45.4 Å². The van der Waals surface area contributed by atoms with Gasteiger partial charge in [-0.25, -0.2) is 14.2 Å². The first-order valence-corrected chi connectivity index (χ1v) is 9.93. The van der Waals surface area contributed by atoms with Crippen LogP contribution in [0.2, 0.25) is 0 Å². The van der Waals surface area contributed by atoms with Crippen LogP contribution in [0.1, 0.15) is 35.4 Å². The van der Waals surface area contributed by atoms with Crippen molar-refractivity contribution in [3.63, 3.8) is 0 Å². The van der Waals surface area contributed by atoms with Crippen molar-refractivity contribution in [2.24, 2.45) is 0 Å². The fourth-order valence-corrected chi connectivity index (χ4v) is 3.42. The molecule has 2 amide bonds. The van der Waals surface area contributed by atoms with Gasteiger partial charge in [-0.1, -0.05) is 36.4 Å². The molecule has 0 aliphatic heterocycles. The molecule has 1 fully saturated rings. The van der Waals surface area contributed by atoms with Crippen LogP contribution in [0.25, 0.3) is 0 Å². The van der Waals surface area contributed by atoms with Crippen LogP contribution >= 0.6 is 0 Å². The Hall–Kier alpha value is -3.15. The van der Waals surface area contributed by atoms with Gasteiger partial charge in [-0.3, -0.25) is 0 Å². The van der Waals surface area contributed by atoms with Crippen LogP contribution < -0.4 is 5.32 Å². The normalized spacial score (nSPS) is 13.3. The van der Waals surface area contributed by atoms with Crippen LogP contribution in [0, 0.1) is 12.7 Å². The van der Waals surface area contributed by atoms with Gasteiger partial charge in [0.1, 0.15) is 11.6 Å². The minimum atomic E-state index is -0.262. The zero-order chi connectivity index (χ0) is 20.2. The number of nitrogens with one attached hydrogen (secondary N) is 1. The molecule has 1 aliphatic carbocycles. The van der Waals surface area contributed by atoms with Crippen LogP contribution in [0.3, 0.4) is 0 Å². The topological polar surface area (TPSA) is 50.2 Å². The molecule has 2 aromatic carbocycles. The Morgan fingerprint density at radius 2 is 1.93 bits per heavy atom. The third-order valence-electron chi connectivity index (χ3n) is 5.23. The lowest BCUT2D eigenvalue weighted by Crippen LogP contribution is -2.40. The summed E-state index contributed by atoms with van der Waals surface area (Å²) < 4.78 is 15.2.